The molecule has 0 saturated carbocycles. The fraction of sp³-hybridized carbons (Fsp3) is 0.417. The number of hydrogen-bond acceptors (Lipinski definition) is 5. The standard InChI is InChI=1S/C24H29ClN2O5/c1-4-5-14-32-15-6-13-27-23(29)20-18(26(2)24(27)30)11-12-19(31-3)21(20)22(28)16-7-9-17(25)10-8-16/h7-12,22,28H,4-6,13-15H2,1-3H3. The number of aliphatic hydroxyl groups is 1. The van der Waals surface area contributed by atoms with Crippen LogP contribution in [0.3, 0.4) is 0 Å². The molecule has 8 heteroatoms. The second-order valence-electron chi connectivity index (χ2n) is 7.65. The van der Waals surface area contributed by atoms with Crippen molar-refractivity contribution in [2.45, 2.75) is 38.8 Å². The second-order valence-corrected chi connectivity index (χ2v) is 8.08. The zero-order valence-electron chi connectivity index (χ0n) is 18.6. The summed E-state index contributed by atoms with van der Waals surface area (Å²) in [5, 5.41) is 12.0. The predicted octanol–water partition coefficient (Wildman–Crippen LogP) is 3.65. The highest BCUT2D eigenvalue weighted by Gasteiger charge is 2.24. The third-order valence-electron chi connectivity index (χ3n) is 5.51. The van der Waals surface area contributed by atoms with Gasteiger partial charge in [0.1, 0.15) is 11.9 Å². The molecule has 172 valence electrons. The lowest BCUT2D eigenvalue weighted by Gasteiger charge is -2.19. The zero-order chi connectivity index (χ0) is 23.3. The van der Waals surface area contributed by atoms with E-state index in [1.165, 1.54) is 16.2 Å². The number of unbranched alkanes of at least 4 members (excludes halogenated alkanes) is 1. The third-order valence-corrected chi connectivity index (χ3v) is 5.77. The smallest absolute Gasteiger partial charge is 0.331 e. The van der Waals surface area contributed by atoms with Gasteiger partial charge in [0.15, 0.2) is 0 Å². The van der Waals surface area contributed by atoms with E-state index in [1.54, 1.807) is 43.4 Å². The monoisotopic (exact) mass is 460 g/mol. The van der Waals surface area contributed by atoms with Crippen LogP contribution in [0.4, 0.5) is 0 Å². The molecule has 0 bridgehead atoms. The highest BCUT2D eigenvalue weighted by atomic mass is 35.5. The third kappa shape index (κ3) is 4.90. The van der Waals surface area contributed by atoms with Crippen molar-refractivity contribution in [2.75, 3.05) is 20.3 Å². The Morgan fingerprint density at radius 3 is 2.41 bits per heavy atom. The Kier molecular flexibility index (Phi) is 8.12. The van der Waals surface area contributed by atoms with Crippen LogP contribution in [0.15, 0.2) is 46.0 Å². The van der Waals surface area contributed by atoms with E-state index in [2.05, 4.69) is 6.92 Å². The first-order valence-electron chi connectivity index (χ1n) is 10.7. The maximum absolute atomic E-state index is 13.5. The van der Waals surface area contributed by atoms with Crippen LogP contribution < -0.4 is 16.0 Å². The van der Waals surface area contributed by atoms with Gasteiger partial charge in [0, 0.05) is 37.4 Å². The van der Waals surface area contributed by atoms with Gasteiger partial charge in [-0.05, 0) is 42.7 Å². The van der Waals surface area contributed by atoms with Gasteiger partial charge in [-0.15, -0.1) is 0 Å². The summed E-state index contributed by atoms with van der Waals surface area (Å²) in [5.74, 6) is 0.366. The molecule has 2 aromatic carbocycles. The largest absolute Gasteiger partial charge is 0.496 e. The van der Waals surface area contributed by atoms with Gasteiger partial charge in [0.05, 0.1) is 18.0 Å². The fourth-order valence-electron chi connectivity index (χ4n) is 3.73. The number of ether oxygens (including phenoxy) is 2. The molecule has 0 saturated heterocycles. The Labute approximate surface area is 191 Å². The van der Waals surface area contributed by atoms with E-state index >= 15 is 0 Å². The van der Waals surface area contributed by atoms with Gasteiger partial charge in [0.25, 0.3) is 5.56 Å². The average Bonchev–Trinajstić information content (AvgIpc) is 2.80. The molecule has 1 N–H and O–H groups in total. The van der Waals surface area contributed by atoms with Crippen LogP contribution in [0.1, 0.15) is 43.4 Å². The van der Waals surface area contributed by atoms with E-state index < -0.39 is 17.4 Å². The van der Waals surface area contributed by atoms with Crippen molar-refractivity contribution in [3.8, 4) is 5.75 Å². The van der Waals surface area contributed by atoms with E-state index in [4.69, 9.17) is 21.1 Å². The molecule has 0 radical (unpaired) electrons. The summed E-state index contributed by atoms with van der Waals surface area (Å²) >= 11 is 5.98. The van der Waals surface area contributed by atoms with E-state index in [-0.39, 0.29) is 11.9 Å². The Morgan fingerprint density at radius 2 is 1.75 bits per heavy atom. The van der Waals surface area contributed by atoms with Crippen molar-refractivity contribution in [1.29, 1.82) is 0 Å². The molecule has 1 unspecified atom stereocenters. The Bertz CT molecular complexity index is 1180. The number of aryl methyl sites for hydroxylation is 1. The van der Waals surface area contributed by atoms with Gasteiger partial charge >= 0.3 is 5.69 Å². The topological polar surface area (TPSA) is 82.7 Å². The number of halogens is 1. The number of hydrogen-bond donors (Lipinski definition) is 1. The summed E-state index contributed by atoms with van der Waals surface area (Å²) in [5.41, 5.74) is 0.441. The molecule has 0 fully saturated rings. The summed E-state index contributed by atoms with van der Waals surface area (Å²) in [4.78, 5) is 26.4. The van der Waals surface area contributed by atoms with Gasteiger partial charge in [-0.1, -0.05) is 37.1 Å². The van der Waals surface area contributed by atoms with E-state index in [9.17, 15) is 14.7 Å². The number of aromatic nitrogens is 2. The van der Waals surface area contributed by atoms with E-state index in [1.807, 2.05) is 0 Å². The van der Waals surface area contributed by atoms with Crippen LogP contribution in [0, 0.1) is 0 Å². The Hall–Kier alpha value is -2.61. The summed E-state index contributed by atoms with van der Waals surface area (Å²) in [6, 6.07) is 10.0. The van der Waals surface area contributed by atoms with E-state index in [0.717, 1.165) is 12.8 Å². The predicted molar refractivity (Wildman–Crippen MR) is 126 cm³/mol. The molecule has 3 aromatic rings. The number of fused-ring (bicyclic) bond motifs is 1. The summed E-state index contributed by atoms with van der Waals surface area (Å²) in [7, 11) is 3.09. The molecule has 1 heterocycles. The summed E-state index contributed by atoms with van der Waals surface area (Å²) in [6.45, 7) is 3.44. The lowest BCUT2D eigenvalue weighted by Crippen LogP contribution is -2.40. The molecule has 32 heavy (non-hydrogen) atoms. The second kappa shape index (κ2) is 10.8. The number of aliphatic hydroxyl groups excluding tert-OH is 1. The molecular weight excluding hydrogens is 432 g/mol. The summed E-state index contributed by atoms with van der Waals surface area (Å²) < 4.78 is 13.7. The minimum absolute atomic E-state index is 0.223. The maximum atomic E-state index is 13.5. The van der Waals surface area contributed by atoms with Crippen molar-refractivity contribution in [3.63, 3.8) is 0 Å². The molecule has 3 rings (SSSR count). The number of nitrogens with zero attached hydrogens (tertiary/aromatic N) is 2. The number of benzene rings is 2. The van der Waals surface area contributed by atoms with Crippen LogP contribution in [0.2, 0.25) is 5.02 Å². The molecule has 1 atom stereocenters. The molecule has 1 aromatic heterocycles. The molecule has 0 spiro atoms. The van der Waals surface area contributed by atoms with Crippen LogP contribution in [-0.2, 0) is 18.3 Å². The van der Waals surface area contributed by atoms with Crippen LogP contribution in [-0.4, -0.2) is 34.6 Å². The first-order valence-corrected chi connectivity index (χ1v) is 11.1. The Balaban J connectivity index is 2.10. The molecular formula is C24H29ClN2O5. The van der Waals surface area contributed by atoms with Crippen molar-refractivity contribution in [2.24, 2.45) is 7.05 Å². The molecule has 7 nitrogen and oxygen atoms in total. The number of methoxy groups -OCH3 is 1. The van der Waals surface area contributed by atoms with Crippen LogP contribution >= 0.6 is 11.6 Å². The van der Waals surface area contributed by atoms with Gasteiger partial charge in [-0.3, -0.25) is 13.9 Å². The van der Waals surface area contributed by atoms with E-state index in [0.29, 0.717) is 47.1 Å². The highest BCUT2D eigenvalue weighted by Crippen LogP contribution is 2.34. The molecule has 0 aliphatic rings. The lowest BCUT2D eigenvalue weighted by atomic mass is 9.97. The van der Waals surface area contributed by atoms with Gasteiger partial charge in [0.2, 0.25) is 0 Å². The highest BCUT2D eigenvalue weighted by molar-refractivity contribution is 6.30. The van der Waals surface area contributed by atoms with Crippen LogP contribution in [0.5, 0.6) is 5.75 Å². The minimum atomic E-state index is -1.14. The van der Waals surface area contributed by atoms with Gasteiger partial charge < -0.3 is 14.6 Å². The minimum Gasteiger partial charge on any atom is -0.496 e. The molecule has 0 aliphatic carbocycles. The first kappa shape index (κ1) is 24.0. The number of rotatable bonds is 10. The first-order chi connectivity index (χ1) is 15.4. The Morgan fingerprint density at radius 1 is 1.06 bits per heavy atom. The van der Waals surface area contributed by atoms with Crippen LogP contribution in [0.25, 0.3) is 10.9 Å². The lowest BCUT2D eigenvalue weighted by molar-refractivity contribution is 0.125. The molecule has 0 amide bonds. The molecule has 0 aliphatic heterocycles. The van der Waals surface area contributed by atoms with Gasteiger partial charge in [-0.2, -0.15) is 0 Å². The maximum Gasteiger partial charge on any atom is 0.331 e. The zero-order valence-corrected chi connectivity index (χ0v) is 19.4. The fourth-order valence-corrected chi connectivity index (χ4v) is 3.86. The van der Waals surface area contributed by atoms with Crippen molar-refractivity contribution in [3.05, 3.63) is 73.4 Å². The van der Waals surface area contributed by atoms with Gasteiger partial charge in [-0.25, -0.2) is 4.79 Å². The summed E-state index contributed by atoms with van der Waals surface area (Å²) in [6.07, 6.45) is 1.42. The SMILES string of the molecule is CCCCOCCCn1c(=O)c2c(C(O)c3ccc(Cl)cc3)c(OC)ccc2n(C)c1=O. The van der Waals surface area contributed by atoms with Crippen molar-refractivity contribution in [1.82, 2.24) is 9.13 Å². The normalized spacial score (nSPS) is 12.3. The van der Waals surface area contributed by atoms with Crippen molar-refractivity contribution < 1.29 is 14.6 Å². The quantitative estimate of drug-likeness (QED) is 0.467. The average molecular weight is 461 g/mol. The van der Waals surface area contributed by atoms with Crippen molar-refractivity contribution >= 4 is 22.5 Å².